The van der Waals surface area contributed by atoms with Crippen molar-refractivity contribution >= 4 is 11.6 Å². The Bertz CT molecular complexity index is 516. The molecule has 1 fully saturated rings. The molecule has 1 amide bonds. The van der Waals surface area contributed by atoms with Crippen LogP contribution in [0.25, 0.3) is 0 Å². The Balaban J connectivity index is 1.68. The van der Waals surface area contributed by atoms with E-state index >= 15 is 0 Å². The Labute approximate surface area is 131 Å². The predicted octanol–water partition coefficient (Wildman–Crippen LogP) is 2.39. The van der Waals surface area contributed by atoms with E-state index in [1.807, 2.05) is 7.05 Å². The van der Waals surface area contributed by atoms with Gasteiger partial charge in [0.05, 0.1) is 17.7 Å². The minimum atomic E-state index is -0.0129. The van der Waals surface area contributed by atoms with Gasteiger partial charge in [-0.2, -0.15) is 5.26 Å². The molecule has 1 aliphatic heterocycles. The Hall–Kier alpha value is -1.90. The average molecular weight is 301 g/mol. The second-order valence-corrected chi connectivity index (χ2v) is 5.74. The molecule has 0 spiro atoms. The molecule has 22 heavy (non-hydrogen) atoms. The van der Waals surface area contributed by atoms with Crippen LogP contribution in [-0.4, -0.2) is 43.7 Å². The Kier molecular flexibility index (Phi) is 6.38. The van der Waals surface area contributed by atoms with Crippen molar-refractivity contribution in [1.82, 2.24) is 4.90 Å². The molecule has 2 rings (SSSR count). The third-order valence-corrected chi connectivity index (χ3v) is 3.81. The molecule has 0 aliphatic carbocycles. The first-order valence-electron chi connectivity index (χ1n) is 7.77. The fraction of sp³-hybridized carbons (Fsp3) is 0.529. The molecule has 0 bridgehead atoms. The lowest BCUT2D eigenvalue weighted by Gasteiger charge is -2.27. The lowest BCUT2D eigenvalue weighted by molar-refractivity contribution is -0.116. The van der Waals surface area contributed by atoms with E-state index in [4.69, 9.17) is 10.00 Å². The van der Waals surface area contributed by atoms with Gasteiger partial charge in [-0.1, -0.05) is 0 Å². The summed E-state index contributed by atoms with van der Waals surface area (Å²) in [4.78, 5) is 14.1. The number of hydrogen-bond donors (Lipinski definition) is 1. The highest BCUT2D eigenvalue weighted by atomic mass is 16.5. The van der Waals surface area contributed by atoms with E-state index in [1.54, 1.807) is 24.3 Å². The molecular formula is C17H23N3O2. The number of nitrogens with zero attached hydrogens (tertiary/aromatic N) is 2. The summed E-state index contributed by atoms with van der Waals surface area (Å²) >= 11 is 0. The van der Waals surface area contributed by atoms with Crippen molar-refractivity contribution in [1.29, 1.82) is 5.26 Å². The number of rotatable bonds is 6. The quantitative estimate of drug-likeness (QED) is 0.876. The number of anilines is 1. The van der Waals surface area contributed by atoms with Crippen LogP contribution in [0.15, 0.2) is 24.3 Å². The molecule has 1 atom stereocenters. The number of likely N-dealkylation sites (N-methyl/N-ethyl adjacent to an activating group) is 1. The van der Waals surface area contributed by atoms with Crippen LogP contribution in [0, 0.1) is 11.3 Å². The largest absolute Gasteiger partial charge is 0.377 e. The van der Waals surface area contributed by atoms with Crippen LogP contribution in [0.2, 0.25) is 0 Å². The van der Waals surface area contributed by atoms with Crippen LogP contribution < -0.4 is 5.32 Å². The monoisotopic (exact) mass is 301 g/mol. The number of amides is 1. The summed E-state index contributed by atoms with van der Waals surface area (Å²) in [6.07, 6.45) is 4.26. The van der Waals surface area contributed by atoms with Crippen LogP contribution in [0.3, 0.4) is 0 Å². The molecule has 0 aromatic heterocycles. The topological polar surface area (TPSA) is 65.4 Å². The number of nitrogens with one attached hydrogen (secondary N) is 1. The van der Waals surface area contributed by atoms with E-state index < -0.39 is 0 Å². The second kappa shape index (κ2) is 8.52. The minimum absolute atomic E-state index is 0.0129. The zero-order valence-electron chi connectivity index (χ0n) is 13.0. The minimum Gasteiger partial charge on any atom is -0.377 e. The van der Waals surface area contributed by atoms with Crippen molar-refractivity contribution in [3.8, 4) is 6.07 Å². The smallest absolute Gasteiger partial charge is 0.225 e. The number of hydrogen-bond acceptors (Lipinski definition) is 4. The highest BCUT2D eigenvalue weighted by molar-refractivity contribution is 5.90. The van der Waals surface area contributed by atoms with Crippen molar-refractivity contribution in [3.63, 3.8) is 0 Å². The van der Waals surface area contributed by atoms with Gasteiger partial charge in [0.15, 0.2) is 0 Å². The molecule has 1 aliphatic rings. The molecular weight excluding hydrogens is 278 g/mol. The van der Waals surface area contributed by atoms with Gasteiger partial charge in [-0.05, 0) is 50.6 Å². The van der Waals surface area contributed by atoms with Crippen LogP contribution in [0.4, 0.5) is 5.69 Å². The highest BCUT2D eigenvalue weighted by Crippen LogP contribution is 2.13. The van der Waals surface area contributed by atoms with Gasteiger partial charge in [-0.25, -0.2) is 0 Å². The van der Waals surface area contributed by atoms with E-state index in [0.717, 1.165) is 31.7 Å². The number of carbonyl (C=O) groups excluding carboxylic acids is 1. The third kappa shape index (κ3) is 5.47. The van der Waals surface area contributed by atoms with Crippen molar-refractivity contribution in [2.45, 2.75) is 31.8 Å². The summed E-state index contributed by atoms with van der Waals surface area (Å²) < 4.78 is 5.70. The van der Waals surface area contributed by atoms with Gasteiger partial charge in [0, 0.05) is 31.8 Å². The number of carbonyl (C=O) groups is 1. The van der Waals surface area contributed by atoms with Crippen LogP contribution >= 0.6 is 0 Å². The van der Waals surface area contributed by atoms with E-state index in [9.17, 15) is 4.79 Å². The first-order valence-corrected chi connectivity index (χ1v) is 7.77. The summed E-state index contributed by atoms with van der Waals surface area (Å²) in [7, 11) is 2.02. The van der Waals surface area contributed by atoms with Gasteiger partial charge in [-0.15, -0.1) is 0 Å². The van der Waals surface area contributed by atoms with E-state index in [2.05, 4.69) is 16.3 Å². The summed E-state index contributed by atoms with van der Waals surface area (Å²) in [6.45, 7) is 2.45. The summed E-state index contributed by atoms with van der Waals surface area (Å²) in [5.74, 6) is -0.0129. The maximum absolute atomic E-state index is 11.9. The molecule has 1 aromatic carbocycles. The first kappa shape index (κ1) is 16.5. The third-order valence-electron chi connectivity index (χ3n) is 3.81. The van der Waals surface area contributed by atoms with E-state index in [-0.39, 0.29) is 5.91 Å². The van der Waals surface area contributed by atoms with Gasteiger partial charge in [-0.3, -0.25) is 4.79 Å². The second-order valence-electron chi connectivity index (χ2n) is 5.74. The van der Waals surface area contributed by atoms with Gasteiger partial charge in [0.2, 0.25) is 5.91 Å². The van der Waals surface area contributed by atoms with E-state index in [1.165, 1.54) is 6.42 Å². The molecule has 0 saturated carbocycles. The van der Waals surface area contributed by atoms with Crippen molar-refractivity contribution in [3.05, 3.63) is 29.8 Å². The zero-order valence-corrected chi connectivity index (χ0v) is 13.0. The lowest BCUT2D eigenvalue weighted by atomic mass is 10.1. The molecule has 1 aromatic rings. The molecule has 1 heterocycles. The normalized spacial score (nSPS) is 18.0. The van der Waals surface area contributed by atoms with Gasteiger partial charge in [0.25, 0.3) is 0 Å². The van der Waals surface area contributed by atoms with Crippen molar-refractivity contribution in [2.75, 3.05) is 32.1 Å². The summed E-state index contributed by atoms with van der Waals surface area (Å²) in [5, 5.41) is 11.6. The lowest BCUT2D eigenvalue weighted by Crippen LogP contribution is -2.35. The van der Waals surface area contributed by atoms with Crippen LogP contribution in [0.1, 0.15) is 31.2 Å². The average Bonchev–Trinajstić information content (AvgIpc) is 2.55. The molecule has 0 radical (unpaired) electrons. The van der Waals surface area contributed by atoms with Crippen LogP contribution in [0.5, 0.6) is 0 Å². The molecule has 5 heteroatoms. The van der Waals surface area contributed by atoms with Gasteiger partial charge < -0.3 is 15.0 Å². The van der Waals surface area contributed by atoms with Crippen molar-refractivity contribution < 1.29 is 9.53 Å². The molecule has 1 N–H and O–H groups in total. The molecule has 5 nitrogen and oxygen atoms in total. The standard InChI is InChI=1S/C17H23N3O2/c1-20(13-16-4-2-3-11-22-16)10-9-17(21)19-15-7-5-14(12-18)6-8-15/h5-8,16H,2-4,9-11,13H2,1H3,(H,19,21)/t16-/m0/s1. The fourth-order valence-corrected chi connectivity index (χ4v) is 2.53. The predicted molar refractivity (Wildman–Crippen MR) is 85.5 cm³/mol. The number of benzene rings is 1. The fourth-order valence-electron chi connectivity index (χ4n) is 2.53. The summed E-state index contributed by atoms with van der Waals surface area (Å²) in [6, 6.07) is 8.94. The zero-order chi connectivity index (χ0) is 15.8. The molecule has 0 unspecified atom stereocenters. The first-order chi connectivity index (χ1) is 10.7. The Morgan fingerprint density at radius 3 is 2.82 bits per heavy atom. The molecule has 118 valence electrons. The van der Waals surface area contributed by atoms with Crippen LogP contribution in [-0.2, 0) is 9.53 Å². The maximum atomic E-state index is 11.9. The van der Waals surface area contributed by atoms with Gasteiger partial charge in [0.1, 0.15) is 0 Å². The SMILES string of the molecule is CN(CCC(=O)Nc1ccc(C#N)cc1)C[C@@H]1CCCCO1. The maximum Gasteiger partial charge on any atom is 0.225 e. The number of nitriles is 1. The van der Waals surface area contributed by atoms with E-state index in [0.29, 0.717) is 24.6 Å². The number of ether oxygens (including phenoxy) is 1. The summed E-state index contributed by atoms with van der Waals surface area (Å²) in [5.41, 5.74) is 1.31. The molecule has 1 saturated heterocycles. The van der Waals surface area contributed by atoms with Gasteiger partial charge >= 0.3 is 0 Å². The Morgan fingerprint density at radius 1 is 1.41 bits per heavy atom. The Morgan fingerprint density at radius 2 is 2.18 bits per heavy atom. The van der Waals surface area contributed by atoms with Crippen molar-refractivity contribution in [2.24, 2.45) is 0 Å². The highest BCUT2D eigenvalue weighted by Gasteiger charge is 2.16.